The van der Waals surface area contributed by atoms with Gasteiger partial charge in [0.25, 0.3) is 5.91 Å². The smallest absolute Gasteiger partial charge is 0.258 e. The minimum absolute atomic E-state index is 0.0598. The van der Waals surface area contributed by atoms with Crippen molar-refractivity contribution in [3.8, 4) is 17.0 Å². The number of rotatable bonds is 8. The maximum absolute atomic E-state index is 12.4. The summed E-state index contributed by atoms with van der Waals surface area (Å²) in [5.74, 6) is 0.959. The van der Waals surface area contributed by atoms with Gasteiger partial charge in [0, 0.05) is 31.5 Å². The lowest BCUT2D eigenvalue weighted by atomic mass is 10.1. The summed E-state index contributed by atoms with van der Waals surface area (Å²) in [6.45, 7) is 0.757. The van der Waals surface area contributed by atoms with Crippen LogP contribution in [0.4, 0.5) is 11.6 Å². The molecule has 1 aromatic heterocycles. The molecule has 4 atom stereocenters. The molecule has 9 nitrogen and oxygen atoms in total. The first-order valence-electron chi connectivity index (χ1n) is 11.6. The highest BCUT2D eigenvalue weighted by Gasteiger charge is 2.48. The highest BCUT2D eigenvalue weighted by Crippen LogP contribution is 2.29. The maximum atomic E-state index is 12.4. The van der Waals surface area contributed by atoms with Gasteiger partial charge in [-0.1, -0.05) is 30.3 Å². The Kier molecular flexibility index (Phi) is 6.78. The number of fused-ring (bicyclic) bond motifs is 1. The van der Waals surface area contributed by atoms with E-state index in [0.717, 1.165) is 16.9 Å². The molecule has 3 heterocycles. The van der Waals surface area contributed by atoms with Crippen molar-refractivity contribution in [2.45, 2.75) is 24.3 Å². The van der Waals surface area contributed by atoms with E-state index in [2.05, 4.69) is 37.6 Å². The van der Waals surface area contributed by atoms with E-state index < -0.39 is 0 Å². The van der Waals surface area contributed by atoms with Crippen LogP contribution in [0.5, 0.6) is 5.75 Å². The second-order valence-electron chi connectivity index (χ2n) is 8.83. The molecule has 5 rings (SSSR count). The number of amides is 1. The molecular weight excluding hydrogens is 446 g/mol. The van der Waals surface area contributed by atoms with Crippen molar-refractivity contribution in [2.75, 3.05) is 44.1 Å². The SMILES string of the molecule is CN(C)c1ccc(-c2ccnc(N[C@@H]3CO[C@@H]4[C@@H]3OC[C@@H]4NC(=O)COc3ccccc3)n2)cc1. The monoisotopic (exact) mass is 475 g/mol. The number of anilines is 2. The average molecular weight is 476 g/mol. The lowest BCUT2D eigenvalue weighted by Crippen LogP contribution is -2.46. The van der Waals surface area contributed by atoms with Crippen molar-refractivity contribution in [2.24, 2.45) is 0 Å². The van der Waals surface area contributed by atoms with Crippen molar-refractivity contribution >= 4 is 17.5 Å². The van der Waals surface area contributed by atoms with Crippen molar-refractivity contribution in [1.82, 2.24) is 15.3 Å². The van der Waals surface area contributed by atoms with Crippen LogP contribution in [0.2, 0.25) is 0 Å². The lowest BCUT2D eigenvalue weighted by molar-refractivity contribution is -0.124. The number of aromatic nitrogens is 2. The Hall–Kier alpha value is -3.69. The highest BCUT2D eigenvalue weighted by molar-refractivity contribution is 5.78. The van der Waals surface area contributed by atoms with Gasteiger partial charge in [0.15, 0.2) is 6.61 Å². The summed E-state index contributed by atoms with van der Waals surface area (Å²) in [4.78, 5) is 23.5. The summed E-state index contributed by atoms with van der Waals surface area (Å²) in [6.07, 6.45) is 1.29. The van der Waals surface area contributed by atoms with Crippen LogP contribution >= 0.6 is 0 Å². The van der Waals surface area contributed by atoms with Crippen LogP contribution in [-0.4, -0.2) is 74.1 Å². The molecule has 0 spiro atoms. The Morgan fingerprint density at radius 2 is 1.71 bits per heavy atom. The van der Waals surface area contributed by atoms with Gasteiger partial charge in [0.1, 0.15) is 18.0 Å². The summed E-state index contributed by atoms with van der Waals surface area (Å²) in [7, 11) is 4.02. The molecule has 0 bridgehead atoms. The molecule has 182 valence electrons. The highest BCUT2D eigenvalue weighted by atomic mass is 16.6. The van der Waals surface area contributed by atoms with E-state index in [0.29, 0.717) is 24.9 Å². The molecule has 2 fully saturated rings. The molecule has 0 radical (unpaired) electrons. The molecule has 9 heteroatoms. The summed E-state index contributed by atoms with van der Waals surface area (Å²) >= 11 is 0. The number of nitrogens with one attached hydrogen (secondary N) is 2. The average Bonchev–Trinajstić information content (AvgIpc) is 3.47. The molecule has 1 amide bonds. The number of benzene rings is 2. The Morgan fingerprint density at radius 3 is 2.46 bits per heavy atom. The quantitative estimate of drug-likeness (QED) is 0.513. The summed E-state index contributed by atoms with van der Waals surface area (Å²) in [6, 6.07) is 19.0. The van der Waals surface area contributed by atoms with Crippen LogP contribution in [0.1, 0.15) is 0 Å². The van der Waals surface area contributed by atoms with Crippen LogP contribution in [0.15, 0.2) is 66.9 Å². The third kappa shape index (κ3) is 5.36. The number of para-hydroxylation sites is 1. The number of hydrogen-bond donors (Lipinski definition) is 2. The number of nitrogens with zero attached hydrogens (tertiary/aromatic N) is 3. The first kappa shape index (κ1) is 23.1. The molecule has 2 aliphatic rings. The van der Waals surface area contributed by atoms with Crippen molar-refractivity contribution < 1.29 is 19.0 Å². The zero-order chi connectivity index (χ0) is 24.2. The molecule has 35 heavy (non-hydrogen) atoms. The third-order valence-corrected chi connectivity index (χ3v) is 6.16. The zero-order valence-corrected chi connectivity index (χ0v) is 19.8. The summed E-state index contributed by atoms with van der Waals surface area (Å²) in [5.41, 5.74) is 2.97. The van der Waals surface area contributed by atoms with E-state index in [1.54, 1.807) is 6.20 Å². The number of hydrogen-bond acceptors (Lipinski definition) is 8. The predicted octanol–water partition coefficient (Wildman–Crippen LogP) is 2.35. The van der Waals surface area contributed by atoms with Crippen molar-refractivity contribution in [1.29, 1.82) is 0 Å². The van der Waals surface area contributed by atoms with E-state index in [9.17, 15) is 4.79 Å². The van der Waals surface area contributed by atoms with Gasteiger partial charge in [-0.05, 0) is 30.3 Å². The van der Waals surface area contributed by atoms with Gasteiger partial charge >= 0.3 is 0 Å². The van der Waals surface area contributed by atoms with Crippen LogP contribution in [0.3, 0.4) is 0 Å². The summed E-state index contributed by atoms with van der Waals surface area (Å²) < 4.78 is 17.5. The number of carbonyl (C=O) groups excluding carboxylic acids is 1. The molecule has 2 N–H and O–H groups in total. The van der Waals surface area contributed by atoms with E-state index in [1.807, 2.05) is 62.6 Å². The largest absolute Gasteiger partial charge is 0.484 e. The Morgan fingerprint density at radius 1 is 1.00 bits per heavy atom. The van der Waals surface area contributed by atoms with Crippen molar-refractivity contribution in [3.63, 3.8) is 0 Å². The van der Waals surface area contributed by atoms with Gasteiger partial charge in [0.2, 0.25) is 5.95 Å². The van der Waals surface area contributed by atoms with Crippen LogP contribution in [0, 0.1) is 0 Å². The van der Waals surface area contributed by atoms with Gasteiger partial charge in [-0.15, -0.1) is 0 Å². The van der Waals surface area contributed by atoms with Gasteiger partial charge in [-0.25, -0.2) is 9.97 Å². The predicted molar refractivity (Wildman–Crippen MR) is 133 cm³/mol. The number of ether oxygens (including phenoxy) is 3. The van der Waals surface area contributed by atoms with E-state index in [4.69, 9.17) is 14.2 Å². The zero-order valence-electron chi connectivity index (χ0n) is 19.8. The second-order valence-corrected chi connectivity index (χ2v) is 8.83. The van der Waals surface area contributed by atoms with Crippen LogP contribution in [-0.2, 0) is 14.3 Å². The fourth-order valence-electron chi connectivity index (χ4n) is 4.35. The summed E-state index contributed by atoms with van der Waals surface area (Å²) in [5, 5.41) is 6.33. The first-order valence-corrected chi connectivity index (χ1v) is 11.6. The van der Waals surface area contributed by atoms with Crippen LogP contribution in [0.25, 0.3) is 11.3 Å². The van der Waals surface area contributed by atoms with Gasteiger partial charge in [-0.3, -0.25) is 4.79 Å². The van der Waals surface area contributed by atoms with Crippen molar-refractivity contribution in [3.05, 3.63) is 66.9 Å². The normalized spacial score (nSPS) is 22.9. The Bertz CT molecular complexity index is 1140. The van der Waals surface area contributed by atoms with Gasteiger partial charge < -0.3 is 29.7 Å². The molecule has 0 unspecified atom stereocenters. The molecule has 2 aliphatic heterocycles. The topological polar surface area (TPSA) is 97.8 Å². The molecular formula is C26H29N5O4. The van der Waals surface area contributed by atoms with Gasteiger partial charge in [0.05, 0.1) is 31.0 Å². The second kappa shape index (κ2) is 10.3. The third-order valence-electron chi connectivity index (χ3n) is 6.16. The molecule has 2 saturated heterocycles. The molecule has 2 aromatic carbocycles. The molecule has 0 aliphatic carbocycles. The lowest BCUT2D eigenvalue weighted by Gasteiger charge is -2.18. The minimum Gasteiger partial charge on any atom is -0.484 e. The number of carbonyl (C=O) groups is 1. The first-order chi connectivity index (χ1) is 17.1. The fourth-order valence-corrected chi connectivity index (χ4v) is 4.35. The standard InChI is InChI=1S/C26H29N5O4/c1-31(2)18-10-8-17(9-11-18)20-12-13-27-26(29-20)30-22-15-35-24-21(14-34-25(22)24)28-23(32)16-33-19-6-4-3-5-7-19/h3-13,21-22,24-25H,14-16H2,1-2H3,(H,28,32)(H,27,29,30)/t21-,22+,24-,25+/m0/s1. The Balaban J connectivity index is 1.17. The molecule has 3 aromatic rings. The van der Waals surface area contributed by atoms with E-state index >= 15 is 0 Å². The van der Waals surface area contributed by atoms with E-state index in [-0.39, 0.29) is 36.8 Å². The maximum Gasteiger partial charge on any atom is 0.258 e. The Labute approximate surface area is 204 Å². The fraction of sp³-hybridized carbons (Fsp3) is 0.346. The van der Waals surface area contributed by atoms with Gasteiger partial charge in [-0.2, -0.15) is 0 Å². The van der Waals surface area contributed by atoms with Crippen LogP contribution < -0.4 is 20.3 Å². The molecule has 0 saturated carbocycles. The minimum atomic E-state index is -0.241. The van der Waals surface area contributed by atoms with E-state index in [1.165, 1.54) is 0 Å².